The lowest BCUT2D eigenvalue weighted by atomic mass is 9.65. The molecule has 1 unspecified atom stereocenters. The van der Waals surface area contributed by atoms with Crippen LogP contribution in [0.25, 0.3) is 10.4 Å². The number of esters is 1. The third-order valence-corrected chi connectivity index (χ3v) is 5.02. The first kappa shape index (κ1) is 14.0. The molecule has 0 bridgehead atoms. The van der Waals surface area contributed by atoms with E-state index in [9.17, 15) is 4.79 Å². The molecule has 3 rings (SSSR count). The van der Waals surface area contributed by atoms with Gasteiger partial charge in [-0.25, -0.2) is 0 Å². The molecule has 2 fully saturated rings. The molecule has 0 amide bonds. The van der Waals surface area contributed by atoms with Crippen LogP contribution in [0.2, 0.25) is 0 Å². The van der Waals surface area contributed by atoms with Gasteiger partial charge in [-0.1, -0.05) is 35.4 Å². The number of hydrogen-bond donors (Lipinski definition) is 0. The van der Waals surface area contributed by atoms with Gasteiger partial charge < -0.3 is 4.74 Å². The minimum Gasteiger partial charge on any atom is -0.462 e. The van der Waals surface area contributed by atoms with Crippen molar-refractivity contribution >= 4 is 5.97 Å². The van der Waals surface area contributed by atoms with Gasteiger partial charge in [0, 0.05) is 10.3 Å². The fraction of sp³-hybridized carbons (Fsp3) is 0.562. The van der Waals surface area contributed by atoms with Crippen LogP contribution in [0.4, 0.5) is 0 Å². The maximum Gasteiger partial charge on any atom is 0.306 e. The zero-order valence-corrected chi connectivity index (χ0v) is 11.9. The molecule has 1 aliphatic carbocycles. The summed E-state index contributed by atoms with van der Waals surface area (Å²) >= 11 is 0. The molecule has 1 aliphatic heterocycles. The first-order chi connectivity index (χ1) is 10.2. The van der Waals surface area contributed by atoms with Crippen LogP contribution in [0.5, 0.6) is 0 Å². The van der Waals surface area contributed by atoms with Crippen LogP contribution in [-0.2, 0) is 9.53 Å². The van der Waals surface area contributed by atoms with Crippen molar-refractivity contribution in [3.8, 4) is 0 Å². The highest BCUT2D eigenvalue weighted by Gasteiger charge is 2.50. The summed E-state index contributed by atoms with van der Waals surface area (Å²) in [5, 5.41) is 3.62. The summed E-state index contributed by atoms with van der Waals surface area (Å²) in [7, 11) is 0. The van der Waals surface area contributed by atoms with Gasteiger partial charge in [-0.3, -0.25) is 4.79 Å². The van der Waals surface area contributed by atoms with Crippen molar-refractivity contribution in [3.05, 3.63) is 46.3 Å². The normalized spacial score (nSPS) is 31.7. The molecule has 110 valence electrons. The molecule has 0 aromatic heterocycles. The van der Waals surface area contributed by atoms with Gasteiger partial charge in [0.2, 0.25) is 0 Å². The van der Waals surface area contributed by atoms with E-state index in [1.54, 1.807) is 0 Å². The van der Waals surface area contributed by atoms with Gasteiger partial charge in [-0.05, 0) is 42.7 Å². The van der Waals surface area contributed by atoms with Crippen molar-refractivity contribution in [2.24, 2.45) is 10.5 Å². The Morgan fingerprint density at radius 2 is 2.00 bits per heavy atom. The molecule has 5 heteroatoms. The molecule has 0 radical (unpaired) electrons. The summed E-state index contributed by atoms with van der Waals surface area (Å²) in [6, 6.07) is 10.5. The largest absolute Gasteiger partial charge is 0.462 e. The number of carbonyl (C=O) groups excluding carboxylic acids is 1. The second-order valence-electron chi connectivity index (χ2n) is 6.12. The summed E-state index contributed by atoms with van der Waals surface area (Å²) in [6.45, 7) is 0.262. The SMILES string of the molecule is [N-]=[N+]=NCC1OC(=O)CC12CCC(c1ccccc1)CC2. The summed E-state index contributed by atoms with van der Waals surface area (Å²) < 4.78 is 5.39. The number of benzene rings is 1. The molecule has 1 saturated heterocycles. The van der Waals surface area contributed by atoms with Crippen molar-refractivity contribution in [2.45, 2.75) is 44.1 Å². The minimum atomic E-state index is -0.238. The number of rotatable bonds is 3. The number of azide groups is 1. The Bertz CT molecular complexity index is 558. The van der Waals surface area contributed by atoms with Gasteiger partial charge in [0.25, 0.3) is 0 Å². The van der Waals surface area contributed by atoms with Gasteiger partial charge in [-0.2, -0.15) is 0 Å². The fourth-order valence-corrected chi connectivity index (χ4v) is 3.82. The topological polar surface area (TPSA) is 75.1 Å². The number of ether oxygens (including phenoxy) is 1. The van der Waals surface area contributed by atoms with Crippen molar-refractivity contribution in [3.63, 3.8) is 0 Å². The lowest BCUT2D eigenvalue weighted by molar-refractivity contribution is -0.141. The molecule has 5 nitrogen and oxygen atoms in total. The molecule has 1 heterocycles. The zero-order valence-electron chi connectivity index (χ0n) is 11.9. The van der Waals surface area contributed by atoms with E-state index in [0.717, 1.165) is 25.7 Å². The van der Waals surface area contributed by atoms with Crippen LogP contribution in [0.15, 0.2) is 35.4 Å². The Kier molecular flexibility index (Phi) is 3.84. The summed E-state index contributed by atoms with van der Waals surface area (Å²) in [5.74, 6) is 0.416. The Balaban J connectivity index is 1.71. The van der Waals surface area contributed by atoms with Gasteiger partial charge in [-0.15, -0.1) is 0 Å². The van der Waals surface area contributed by atoms with E-state index in [2.05, 4.69) is 34.3 Å². The van der Waals surface area contributed by atoms with E-state index in [1.165, 1.54) is 5.56 Å². The summed E-state index contributed by atoms with van der Waals surface area (Å²) in [5.41, 5.74) is 9.75. The number of nitrogens with zero attached hydrogens (tertiary/aromatic N) is 3. The van der Waals surface area contributed by atoms with Crippen LogP contribution in [0, 0.1) is 5.41 Å². The Morgan fingerprint density at radius 3 is 2.67 bits per heavy atom. The molecule has 0 N–H and O–H groups in total. The number of cyclic esters (lactones) is 1. The third kappa shape index (κ3) is 2.74. The molecule has 1 aromatic rings. The first-order valence-corrected chi connectivity index (χ1v) is 7.49. The van der Waals surface area contributed by atoms with Gasteiger partial charge >= 0.3 is 5.97 Å². The van der Waals surface area contributed by atoms with E-state index in [-0.39, 0.29) is 24.0 Å². The van der Waals surface area contributed by atoms with Crippen LogP contribution >= 0.6 is 0 Å². The van der Waals surface area contributed by atoms with Crippen LogP contribution in [0.1, 0.15) is 43.6 Å². The molecular formula is C16H19N3O2. The predicted octanol–water partition coefficient (Wildman–Crippen LogP) is 3.96. The smallest absolute Gasteiger partial charge is 0.306 e. The highest BCUT2D eigenvalue weighted by Crippen LogP contribution is 2.51. The second kappa shape index (κ2) is 5.78. The van der Waals surface area contributed by atoms with Crippen LogP contribution in [-0.4, -0.2) is 18.6 Å². The highest BCUT2D eigenvalue weighted by molar-refractivity contribution is 5.73. The maximum absolute atomic E-state index is 11.7. The molecule has 1 saturated carbocycles. The van der Waals surface area contributed by atoms with E-state index in [4.69, 9.17) is 10.3 Å². The van der Waals surface area contributed by atoms with E-state index in [1.807, 2.05) is 6.07 Å². The molecule has 1 spiro atoms. The van der Waals surface area contributed by atoms with Crippen molar-refractivity contribution < 1.29 is 9.53 Å². The number of hydrogen-bond acceptors (Lipinski definition) is 3. The van der Waals surface area contributed by atoms with E-state index in [0.29, 0.717) is 12.3 Å². The minimum absolute atomic E-state index is 0.115. The van der Waals surface area contributed by atoms with Crippen LogP contribution < -0.4 is 0 Å². The predicted molar refractivity (Wildman–Crippen MR) is 78.6 cm³/mol. The quantitative estimate of drug-likeness (QED) is 0.365. The third-order valence-electron chi connectivity index (χ3n) is 5.02. The van der Waals surface area contributed by atoms with Gasteiger partial charge in [0.1, 0.15) is 6.10 Å². The Morgan fingerprint density at radius 1 is 1.29 bits per heavy atom. The Hall–Kier alpha value is -2.00. The maximum atomic E-state index is 11.7. The Labute approximate surface area is 123 Å². The summed E-state index contributed by atoms with van der Waals surface area (Å²) in [4.78, 5) is 14.5. The van der Waals surface area contributed by atoms with E-state index < -0.39 is 0 Å². The monoisotopic (exact) mass is 285 g/mol. The van der Waals surface area contributed by atoms with Crippen molar-refractivity contribution in [2.75, 3.05) is 6.54 Å². The zero-order chi connectivity index (χ0) is 14.7. The standard InChI is InChI=1S/C16H19N3O2/c17-19-18-11-14-16(10-15(20)21-14)8-6-13(7-9-16)12-4-2-1-3-5-12/h1-5,13-14H,6-11H2. The lowest BCUT2D eigenvalue weighted by Gasteiger charge is -2.39. The number of carbonyl (C=O) groups is 1. The molecule has 2 aliphatic rings. The van der Waals surface area contributed by atoms with Crippen molar-refractivity contribution in [1.82, 2.24) is 0 Å². The molecular weight excluding hydrogens is 266 g/mol. The fourth-order valence-electron chi connectivity index (χ4n) is 3.82. The second-order valence-corrected chi connectivity index (χ2v) is 6.12. The van der Waals surface area contributed by atoms with Crippen LogP contribution in [0.3, 0.4) is 0 Å². The first-order valence-electron chi connectivity index (χ1n) is 7.49. The molecule has 1 aromatic carbocycles. The average Bonchev–Trinajstić information content (AvgIpc) is 2.82. The lowest BCUT2D eigenvalue weighted by Crippen LogP contribution is -2.36. The van der Waals surface area contributed by atoms with Gasteiger partial charge in [0.15, 0.2) is 0 Å². The van der Waals surface area contributed by atoms with Gasteiger partial charge in [0.05, 0.1) is 13.0 Å². The average molecular weight is 285 g/mol. The summed E-state index contributed by atoms with van der Waals surface area (Å²) in [6.07, 6.45) is 4.28. The highest BCUT2D eigenvalue weighted by atomic mass is 16.6. The van der Waals surface area contributed by atoms with E-state index >= 15 is 0 Å². The van der Waals surface area contributed by atoms with Crippen molar-refractivity contribution in [1.29, 1.82) is 0 Å². The molecule has 21 heavy (non-hydrogen) atoms. The molecule has 1 atom stereocenters.